The maximum Gasteiger partial charge on any atom is 0.295 e. The summed E-state index contributed by atoms with van der Waals surface area (Å²) in [6, 6.07) is 11.3. The highest BCUT2D eigenvalue weighted by molar-refractivity contribution is 6.46. The van der Waals surface area contributed by atoms with Crippen molar-refractivity contribution in [3.05, 3.63) is 64.2 Å². The molecular formula is C31H39ClN2O6. The van der Waals surface area contributed by atoms with E-state index in [1.165, 1.54) is 0 Å². The summed E-state index contributed by atoms with van der Waals surface area (Å²) in [5, 5.41) is 11.8. The number of ketones is 1. The number of likely N-dealkylation sites (tertiary alicyclic amines) is 1. The van der Waals surface area contributed by atoms with E-state index < -0.39 is 17.7 Å². The molecule has 1 unspecified atom stereocenters. The quantitative estimate of drug-likeness (QED) is 0.148. The molecule has 0 aliphatic carbocycles. The first-order valence-electron chi connectivity index (χ1n) is 14.2. The molecule has 1 atom stereocenters. The van der Waals surface area contributed by atoms with Gasteiger partial charge in [-0.15, -0.1) is 0 Å². The first-order chi connectivity index (χ1) is 19.4. The summed E-state index contributed by atoms with van der Waals surface area (Å²) in [7, 11) is 0. The number of hydrogen-bond acceptors (Lipinski definition) is 7. The third-order valence-corrected chi connectivity index (χ3v) is 7.48. The van der Waals surface area contributed by atoms with Crippen LogP contribution >= 0.6 is 11.6 Å². The molecule has 216 valence electrons. The number of benzene rings is 2. The van der Waals surface area contributed by atoms with E-state index in [1.54, 1.807) is 29.2 Å². The van der Waals surface area contributed by atoms with Crippen molar-refractivity contribution in [1.82, 2.24) is 9.80 Å². The van der Waals surface area contributed by atoms with Gasteiger partial charge in [-0.05, 0) is 61.7 Å². The molecule has 1 amide bonds. The van der Waals surface area contributed by atoms with E-state index in [0.29, 0.717) is 67.0 Å². The van der Waals surface area contributed by atoms with Gasteiger partial charge in [-0.25, -0.2) is 0 Å². The molecule has 0 saturated carbocycles. The van der Waals surface area contributed by atoms with Gasteiger partial charge in [0.25, 0.3) is 11.7 Å². The third-order valence-electron chi connectivity index (χ3n) is 7.22. The lowest BCUT2D eigenvalue weighted by molar-refractivity contribution is -0.140. The monoisotopic (exact) mass is 570 g/mol. The van der Waals surface area contributed by atoms with Crippen LogP contribution in [0.2, 0.25) is 5.02 Å². The van der Waals surface area contributed by atoms with Crippen molar-refractivity contribution in [1.29, 1.82) is 0 Å². The average Bonchev–Trinajstić information content (AvgIpc) is 3.22. The van der Waals surface area contributed by atoms with Crippen molar-refractivity contribution in [2.24, 2.45) is 0 Å². The summed E-state index contributed by atoms with van der Waals surface area (Å²) in [5.41, 5.74) is 1.14. The fraction of sp³-hybridized carbons (Fsp3) is 0.484. The van der Waals surface area contributed by atoms with Crippen LogP contribution in [0.4, 0.5) is 0 Å². The number of amides is 1. The molecule has 0 aromatic heterocycles. The zero-order valence-corrected chi connectivity index (χ0v) is 24.1. The fourth-order valence-electron chi connectivity index (χ4n) is 5.13. The first-order valence-corrected chi connectivity index (χ1v) is 14.6. The van der Waals surface area contributed by atoms with Crippen molar-refractivity contribution in [2.75, 3.05) is 52.6 Å². The number of rotatable bonds is 13. The van der Waals surface area contributed by atoms with Crippen LogP contribution in [-0.2, 0) is 14.3 Å². The molecule has 2 saturated heterocycles. The normalized spacial score (nSPS) is 19.3. The third kappa shape index (κ3) is 7.16. The maximum atomic E-state index is 13.4. The van der Waals surface area contributed by atoms with Crippen LogP contribution in [0.3, 0.4) is 0 Å². The highest BCUT2D eigenvalue weighted by atomic mass is 35.5. The Bertz CT molecular complexity index is 1190. The van der Waals surface area contributed by atoms with E-state index in [-0.39, 0.29) is 11.3 Å². The Morgan fingerprint density at radius 1 is 0.975 bits per heavy atom. The molecule has 40 heavy (non-hydrogen) atoms. The number of aliphatic hydroxyl groups is 1. The van der Waals surface area contributed by atoms with Gasteiger partial charge >= 0.3 is 0 Å². The Kier molecular flexibility index (Phi) is 10.9. The largest absolute Gasteiger partial charge is 0.507 e. The Morgan fingerprint density at radius 3 is 2.42 bits per heavy atom. The molecule has 4 rings (SSSR count). The number of halogens is 1. The first kappa shape index (κ1) is 29.9. The zero-order valence-electron chi connectivity index (χ0n) is 23.4. The van der Waals surface area contributed by atoms with Gasteiger partial charge in [0.15, 0.2) is 11.5 Å². The van der Waals surface area contributed by atoms with Gasteiger partial charge in [0.1, 0.15) is 5.76 Å². The summed E-state index contributed by atoms with van der Waals surface area (Å²) in [5.74, 6) is -0.402. The lowest BCUT2D eigenvalue weighted by Gasteiger charge is -2.29. The van der Waals surface area contributed by atoms with E-state index in [9.17, 15) is 14.7 Å². The molecule has 0 spiro atoms. The minimum absolute atomic E-state index is 0.0535. The van der Waals surface area contributed by atoms with Gasteiger partial charge in [-0.1, -0.05) is 37.4 Å². The summed E-state index contributed by atoms with van der Waals surface area (Å²) >= 11 is 6.05. The van der Waals surface area contributed by atoms with Crippen molar-refractivity contribution < 1.29 is 28.9 Å². The Balaban J connectivity index is 1.68. The van der Waals surface area contributed by atoms with E-state index in [1.807, 2.05) is 25.1 Å². The highest BCUT2D eigenvalue weighted by Crippen LogP contribution is 2.42. The fourth-order valence-corrected chi connectivity index (χ4v) is 5.25. The van der Waals surface area contributed by atoms with Crippen molar-refractivity contribution in [3.8, 4) is 11.5 Å². The van der Waals surface area contributed by atoms with Crippen molar-refractivity contribution in [2.45, 2.75) is 45.6 Å². The lowest BCUT2D eigenvalue weighted by atomic mass is 9.95. The SMILES string of the molecule is CCCCCOc1ccc(C2/C(=C(\O)c3ccc(Cl)cc3)C(=O)C(=O)N2CCCN2CCOCC2)cc1OCC. The number of nitrogens with zero attached hydrogens (tertiary/aromatic N) is 2. The van der Waals surface area contributed by atoms with E-state index in [2.05, 4.69) is 11.8 Å². The number of carbonyl (C=O) groups excluding carboxylic acids is 2. The van der Waals surface area contributed by atoms with Crippen LogP contribution in [0.25, 0.3) is 5.76 Å². The van der Waals surface area contributed by atoms with Gasteiger partial charge < -0.3 is 24.2 Å². The lowest BCUT2D eigenvalue weighted by Crippen LogP contribution is -2.39. The van der Waals surface area contributed by atoms with Crippen LogP contribution in [0.5, 0.6) is 11.5 Å². The molecule has 2 aromatic rings. The van der Waals surface area contributed by atoms with Gasteiger partial charge in [0.2, 0.25) is 0 Å². The maximum absolute atomic E-state index is 13.4. The summed E-state index contributed by atoms with van der Waals surface area (Å²) in [6.45, 7) is 9.26. The highest BCUT2D eigenvalue weighted by Gasteiger charge is 2.46. The molecule has 2 aromatic carbocycles. The minimum atomic E-state index is -0.770. The summed E-state index contributed by atoms with van der Waals surface area (Å²) < 4.78 is 17.4. The number of unbranched alkanes of at least 4 members (excludes halogenated alkanes) is 2. The molecule has 2 aliphatic rings. The molecule has 1 N–H and O–H groups in total. The number of Topliss-reactive ketones (excluding diaryl/α,β-unsaturated/α-hetero) is 1. The molecule has 9 heteroatoms. The minimum Gasteiger partial charge on any atom is -0.507 e. The van der Waals surface area contributed by atoms with E-state index in [4.69, 9.17) is 25.8 Å². The molecule has 2 heterocycles. The van der Waals surface area contributed by atoms with Gasteiger partial charge in [0.05, 0.1) is 38.0 Å². The van der Waals surface area contributed by atoms with Crippen LogP contribution in [-0.4, -0.2) is 79.2 Å². The number of ether oxygens (including phenoxy) is 3. The summed E-state index contributed by atoms with van der Waals surface area (Å²) in [4.78, 5) is 30.6. The number of morpholine rings is 1. The van der Waals surface area contributed by atoms with Gasteiger partial charge in [-0.2, -0.15) is 0 Å². The predicted molar refractivity (Wildman–Crippen MR) is 155 cm³/mol. The molecule has 2 aliphatic heterocycles. The molecule has 0 radical (unpaired) electrons. The van der Waals surface area contributed by atoms with Crippen LogP contribution in [0.15, 0.2) is 48.0 Å². The molecule has 8 nitrogen and oxygen atoms in total. The van der Waals surface area contributed by atoms with Gasteiger partial charge in [0, 0.05) is 36.8 Å². The number of aliphatic hydroxyl groups excluding tert-OH is 1. The smallest absolute Gasteiger partial charge is 0.295 e. The second-order valence-electron chi connectivity index (χ2n) is 10.0. The van der Waals surface area contributed by atoms with E-state index >= 15 is 0 Å². The van der Waals surface area contributed by atoms with Crippen LogP contribution in [0.1, 0.15) is 56.7 Å². The number of carbonyl (C=O) groups is 2. The standard InChI is InChI=1S/C31H39ClN2O6/c1-3-5-6-18-40-25-13-10-23(21-26(25)39-4-2)28-27(29(35)22-8-11-24(32)12-9-22)30(36)31(37)34(28)15-7-14-33-16-19-38-20-17-33/h8-13,21,28,35H,3-7,14-20H2,1-2H3/b29-27+. The second-order valence-corrected chi connectivity index (χ2v) is 10.4. The van der Waals surface area contributed by atoms with Crippen LogP contribution < -0.4 is 9.47 Å². The molecule has 2 fully saturated rings. The van der Waals surface area contributed by atoms with E-state index in [0.717, 1.165) is 38.9 Å². The van der Waals surface area contributed by atoms with Crippen LogP contribution in [0, 0.1) is 0 Å². The summed E-state index contributed by atoms with van der Waals surface area (Å²) in [6.07, 6.45) is 3.79. The van der Waals surface area contributed by atoms with Gasteiger partial charge in [-0.3, -0.25) is 14.5 Å². The zero-order chi connectivity index (χ0) is 28.5. The number of hydrogen-bond donors (Lipinski definition) is 1. The Labute approximate surface area is 241 Å². The average molecular weight is 571 g/mol. The molecular weight excluding hydrogens is 532 g/mol. The second kappa shape index (κ2) is 14.5. The van der Waals surface area contributed by atoms with Crippen molar-refractivity contribution >= 4 is 29.1 Å². The molecule has 0 bridgehead atoms. The topological polar surface area (TPSA) is 88.5 Å². The Morgan fingerprint density at radius 2 is 1.73 bits per heavy atom. The Hall–Kier alpha value is -3.07. The predicted octanol–water partition coefficient (Wildman–Crippen LogP) is 5.45. The van der Waals surface area contributed by atoms with Crippen molar-refractivity contribution in [3.63, 3.8) is 0 Å².